The fraction of sp³-hybridized carbons (Fsp3) is 0.333. The van der Waals surface area contributed by atoms with Gasteiger partial charge < -0.3 is 10.4 Å². The Morgan fingerprint density at radius 2 is 2.04 bits per heavy atom. The zero-order valence-electron chi connectivity index (χ0n) is 15.5. The van der Waals surface area contributed by atoms with E-state index in [1.165, 1.54) is 5.56 Å². The van der Waals surface area contributed by atoms with Crippen LogP contribution in [0.4, 0.5) is 11.6 Å². The second-order valence-electron chi connectivity index (χ2n) is 7.10. The molecule has 0 bridgehead atoms. The predicted octanol–water partition coefficient (Wildman–Crippen LogP) is 4.92. The van der Waals surface area contributed by atoms with Gasteiger partial charge in [0.15, 0.2) is 0 Å². The average Bonchev–Trinajstić information content (AvgIpc) is 3.16. The number of rotatable bonds is 6. The molecule has 146 valence electrons. The second kappa shape index (κ2) is 9.13. The van der Waals surface area contributed by atoms with Crippen LogP contribution < -0.4 is 5.32 Å². The van der Waals surface area contributed by atoms with Crippen molar-refractivity contribution in [2.45, 2.75) is 19.4 Å². The van der Waals surface area contributed by atoms with Crippen LogP contribution in [0.25, 0.3) is 10.6 Å². The highest BCUT2D eigenvalue weighted by atomic mass is 79.9. The molecule has 0 spiro atoms. The monoisotopic (exact) mass is 458 g/mol. The smallest absolute Gasteiger partial charge is 0.227 e. The SMILES string of the molecule is OCC1CCN(Cc2cccc(Nc3nccc(-c4ccc(Br)s4)n3)c2)CC1. The van der Waals surface area contributed by atoms with Crippen LogP contribution in [0.5, 0.6) is 0 Å². The van der Waals surface area contributed by atoms with Gasteiger partial charge in [0.1, 0.15) is 0 Å². The van der Waals surface area contributed by atoms with Crippen LogP contribution in [0.15, 0.2) is 52.4 Å². The zero-order valence-corrected chi connectivity index (χ0v) is 17.9. The summed E-state index contributed by atoms with van der Waals surface area (Å²) < 4.78 is 1.09. The number of hydrogen-bond acceptors (Lipinski definition) is 6. The van der Waals surface area contributed by atoms with E-state index in [0.29, 0.717) is 18.5 Å². The number of nitrogens with zero attached hydrogens (tertiary/aromatic N) is 3. The first-order chi connectivity index (χ1) is 13.7. The summed E-state index contributed by atoms with van der Waals surface area (Å²) in [4.78, 5) is 12.6. The Bertz CT molecular complexity index is 924. The van der Waals surface area contributed by atoms with Crippen molar-refractivity contribution in [1.29, 1.82) is 0 Å². The number of aliphatic hydroxyl groups excluding tert-OH is 1. The highest BCUT2D eigenvalue weighted by Crippen LogP contribution is 2.30. The van der Waals surface area contributed by atoms with Crippen LogP contribution in [-0.4, -0.2) is 39.7 Å². The average molecular weight is 459 g/mol. The third-order valence-electron chi connectivity index (χ3n) is 5.04. The zero-order chi connectivity index (χ0) is 19.3. The third-order valence-corrected chi connectivity index (χ3v) is 6.68. The van der Waals surface area contributed by atoms with E-state index in [2.05, 4.69) is 60.4 Å². The van der Waals surface area contributed by atoms with Crippen molar-refractivity contribution in [3.8, 4) is 10.6 Å². The number of benzene rings is 1. The molecular weight excluding hydrogens is 436 g/mol. The molecule has 1 aromatic carbocycles. The Kier molecular flexibility index (Phi) is 6.36. The third kappa shape index (κ3) is 4.97. The van der Waals surface area contributed by atoms with Crippen LogP contribution in [0, 0.1) is 5.92 Å². The molecule has 7 heteroatoms. The number of anilines is 2. The molecule has 0 unspecified atom stereocenters. The highest BCUT2D eigenvalue weighted by Gasteiger charge is 2.18. The van der Waals surface area contributed by atoms with E-state index in [-0.39, 0.29) is 0 Å². The maximum atomic E-state index is 9.30. The number of halogens is 1. The van der Waals surface area contributed by atoms with Crippen LogP contribution in [0.3, 0.4) is 0 Å². The molecule has 5 nitrogen and oxygen atoms in total. The molecule has 0 radical (unpaired) electrons. The molecule has 3 aromatic rings. The normalized spacial score (nSPS) is 15.6. The molecule has 1 fully saturated rings. The lowest BCUT2D eigenvalue weighted by atomic mass is 9.97. The van der Waals surface area contributed by atoms with Gasteiger partial charge in [0.2, 0.25) is 5.95 Å². The standard InChI is InChI=1S/C21H23BrN4OS/c22-20-5-4-19(28-20)18-6-9-23-21(25-18)24-17-3-1-2-16(12-17)13-26-10-7-15(14-27)8-11-26/h1-6,9,12,15,27H,7-8,10-11,13-14H2,(H,23,24,25). The van der Waals surface area contributed by atoms with Gasteiger partial charge in [-0.2, -0.15) is 0 Å². The summed E-state index contributed by atoms with van der Waals surface area (Å²) in [6.07, 6.45) is 3.94. The van der Waals surface area contributed by atoms with Gasteiger partial charge in [0.05, 0.1) is 14.4 Å². The highest BCUT2D eigenvalue weighted by molar-refractivity contribution is 9.11. The molecule has 0 amide bonds. The summed E-state index contributed by atoms with van der Waals surface area (Å²) in [6, 6.07) is 14.4. The molecule has 4 rings (SSSR count). The second-order valence-corrected chi connectivity index (χ2v) is 9.56. The lowest BCUT2D eigenvalue weighted by Crippen LogP contribution is -2.34. The largest absolute Gasteiger partial charge is 0.396 e. The number of piperidine rings is 1. The summed E-state index contributed by atoms with van der Waals surface area (Å²) in [5, 5.41) is 12.6. The van der Waals surface area contributed by atoms with Gasteiger partial charge in [-0.1, -0.05) is 12.1 Å². The molecule has 1 aliphatic heterocycles. The lowest BCUT2D eigenvalue weighted by molar-refractivity contribution is 0.127. The van der Waals surface area contributed by atoms with Crippen LogP contribution in [0.1, 0.15) is 18.4 Å². The van der Waals surface area contributed by atoms with E-state index in [4.69, 9.17) is 0 Å². The molecule has 1 aliphatic rings. The molecule has 2 N–H and O–H groups in total. The number of aromatic nitrogens is 2. The Balaban J connectivity index is 1.42. The van der Waals surface area contributed by atoms with E-state index in [9.17, 15) is 5.11 Å². The van der Waals surface area contributed by atoms with Gasteiger partial charge in [-0.15, -0.1) is 11.3 Å². The maximum absolute atomic E-state index is 9.30. The molecule has 0 saturated carbocycles. The van der Waals surface area contributed by atoms with Crippen molar-refractivity contribution in [3.63, 3.8) is 0 Å². The summed E-state index contributed by atoms with van der Waals surface area (Å²) in [5.74, 6) is 1.07. The molecule has 2 aromatic heterocycles. The van der Waals surface area contributed by atoms with Crippen molar-refractivity contribution in [1.82, 2.24) is 14.9 Å². The first-order valence-electron chi connectivity index (χ1n) is 9.47. The number of hydrogen-bond donors (Lipinski definition) is 2. The fourth-order valence-corrected chi connectivity index (χ4v) is 4.83. The Morgan fingerprint density at radius 1 is 1.18 bits per heavy atom. The van der Waals surface area contributed by atoms with Gasteiger partial charge in [0.25, 0.3) is 0 Å². The topological polar surface area (TPSA) is 61.3 Å². The van der Waals surface area contributed by atoms with Crippen molar-refractivity contribution in [3.05, 3.63) is 58.0 Å². The van der Waals surface area contributed by atoms with E-state index < -0.39 is 0 Å². The summed E-state index contributed by atoms with van der Waals surface area (Å²) in [5.41, 5.74) is 3.18. The summed E-state index contributed by atoms with van der Waals surface area (Å²) in [6.45, 7) is 3.33. The van der Waals surface area contributed by atoms with E-state index in [1.54, 1.807) is 17.5 Å². The van der Waals surface area contributed by atoms with Crippen molar-refractivity contribution >= 4 is 38.9 Å². The minimum Gasteiger partial charge on any atom is -0.396 e. The molecule has 3 heterocycles. The van der Waals surface area contributed by atoms with Gasteiger partial charge in [0, 0.05) is 25.0 Å². The lowest BCUT2D eigenvalue weighted by Gasteiger charge is -2.31. The predicted molar refractivity (Wildman–Crippen MR) is 118 cm³/mol. The number of likely N-dealkylation sites (tertiary alicyclic amines) is 1. The van der Waals surface area contributed by atoms with Crippen LogP contribution in [0.2, 0.25) is 0 Å². The van der Waals surface area contributed by atoms with Gasteiger partial charge in [-0.3, -0.25) is 4.90 Å². The molecule has 0 atom stereocenters. The first-order valence-corrected chi connectivity index (χ1v) is 11.1. The molecule has 1 saturated heterocycles. The Morgan fingerprint density at radius 3 is 2.79 bits per heavy atom. The minimum atomic E-state index is 0.314. The van der Waals surface area contributed by atoms with Gasteiger partial charge in [-0.05, 0) is 83.7 Å². The van der Waals surface area contributed by atoms with Crippen molar-refractivity contribution in [2.24, 2.45) is 5.92 Å². The first kappa shape index (κ1) is 19.5. The Hall–Kier alpha value is -1.80. The van der Waals surface area contributed by atoms with E-state index >= 15 is 0 Å². The maximum Gasteiger partial charge on any atom is 0.227 e. The number of nitrogens with one attached hydrogen (secondary N) is 1. The summed E-state index contributed by atoms with van der Waals surface area (Å²) in [7, 11) is 0. The molecular formula is C21H23BrN4OS. The van der Waals surface area contributed by atoms with E-state index in [1.807, 2.05) is 18.2 Å². The minimum absolute atomic E-state index is 0.314. The fourth-order valence-electron chi connectivity index (χ4n) is 3.47. The quantitative estimate of drug-likeness (QED) is 0.548. The molecule has 0 aliphatic carbocycles. The Labute approximate surface area is 177 Å². The van der Waals surface area contributed by atoms with Crippen molar-refractivity contribution < 1.29 is 5.11 Å². The van der Waals surface area contributed by atoms with Gasteiger partial charge >= 0.3 is 0 Å². The number of thiophene rings is 1. The van der Waals surface area contributed by atoms with Crippen molar-refractivity contribution in [2.75, 3.05) is 25.0 Å². The van der Waals surface area contributed by atoms with E-state index in [0.717, 1.165) is 52.5 Å². The summed E-state index contributed by atoms with van der Waals surface area (Å²) >= 11 is 5.16. The van der Waals surface area contributed by atoms with Gasteiger partial charge in [-0.25, -0.2) is 9.97 Å². The molecule has 28 heavy (non-hydrogen) atoms. The number of aliphatic hydroxyl groups is 1. The van der Waals surface area contributed by atoms with Crippen LogP contribution >= 0.6 is 27.3 Å². The van der Waals surface area contributed by atoms with Crippen LogP contribution in [-0.2, 0) is 6.54 Å².